The average molecular weight is 344 g/mol. The van der Waals surface area contributed by atoms with Gasteiger partial charge in [-0.2, -0.15) is 13.2 Å². The molecule has 1 aromatic carbocycles. The van der Waals surface area contributed by atoms with Crippen LogP contribution in [0.5, 0.6) is 0 Å². The normalized spacial score (nSPS) is 12.6. The first-order valence-corrected chi connectivity index (χ1v) is 7.96. The molecule has 0 bridgehead atoms. The lowest BCUT2D eigenvalue weighted by Gasteiger charge is -2.26. The van der Waals surface area contributed by atoms with Crippen LogP contribution in [0, 0.1) is 0 Å². The van der Waals surface area contributed by atoms with Crippen molar-refractivity contribution in [1.82, 2.24) is 4.90 Å². The van der Waals surface area contributed by atoms with Gasteiger partial charge in [0, 0.05) is 18.8 Å². The molecule has 2 amide bonds. The Morgan fingerprint density at radius 2 is 1.75 bits per heavy atom. The summed E-state index contributed by atoms with van der Waals surface area (Å²) in [6.07, 6.45) is -0.947. The van der Waals surface area contributed by atoms with E-state index in [-0.39, 0.29) is 11.7 Å². The summed E-state index contributed by atoms with van der Waals surface area (Å²) in [6, 6.07) is 3.95. The number of anilines is 1. The molecule has 0 aliphatic rings. The topological polar surface area (TPSA) is 49.4 Å². The molecule has 0 fully saturated rings. The minimum Gasteiger partial charge on any atom is -0.335 e. The van der Waals surface area contributed by atoms with Crippen molar-refractivity contribution >= 4 is 17.5 Å². The Morgan fingerprint density at radius 3 is 2.21 bits per heavy atom. The molecule has 24 heavy (non-hydrogen) atoms. The first-order chi connectivity index (χ1) is 11.2. The van der Waals surface area contributed by atoms with Gasteiger partial charge in [0.25, 0.3) is 0 Å². The summed E-state index contributed by atoms with van der Waals surface area (Å²) >= 11 is 0. The third-order valence-corrected chi connectivity index (χ3v) is 3.89. The molecule has 0 aliphatic carbocycles. The fourth-order valence-electron chi connectivity index (χ4n) is 2.36. The molecule has 0 unspecified atom stereocenters. The van der Waals surface area contributed by atoms with Gasteiger partial charge in [0.1, 0.15) is 0 Å². The van der Waals surface area contributed by atoms with E-state index >= 15 is 0 Å². The van der Waals surface area contributed by atoms with E-state index in [4.69, 9.17) is 0 Å². The molecule has 0 saturated heterocycles. The van der Waals surface area contributed by atoms with Crippen molar-refractivity contribution in [2.45, 2.75) is 51.7 Å². The van der Waals surface area contributed by atoms with Crippen LogP contribution in [0.25, 0.3) is 0 Å². The monoisotopic (exact) mass is 344 g/mol. The van der Waals surface area contributed by atoms with Crippen LogP contribution in [0.3, 0.4) is 0 Å². The predicted octanol–water partition coefficient (Wildman–Crippen LogP) is 4.07. The zero-order valence-electron chi connectivity index (χ0n) is 14.1. The predicted molar refractivity (Wildman–Crippen MR) is 86.4 cm³/mol. The van der Waals surface area contributed by atoms with Gasteiger partial charge in [0.2, 0.25) is 0 Å². The number of carbonyl (C=O) groups excluding carboxylic acids is 2. The van der Waals surface area contributed by atoms with Crippen molar-refractivity contribution in [3.05, 3.63) is 29.8 Å². The van der Waals surface area contributed by atoms with Gasteiger partial charge in [-0.25, -0.2) is 0 Å². The summed E-state index contributed by atoms with van der Waals surface area (Å²) in [5, 5.41) is 2.34. The molecule has 0 aromatic heterocycles. The molecule has 0 saturated carbocycles. The molecule has 0 spiro atoms. The highest BCUT2D eigenvalue weighted by Gasteiger charge is 2.30. The fraction of sp³-hybridized carbons (Fsp3) is 0.529. The highest BCUT2D eigenvalue weighted by Crippen LogP contribution is 2.29. The van der Waals surface area contributed by atoms with E-state index in [1.807, 2.05) is 13.8 Å². The number of carbonyl (C=O) groups is 2. The molecule has 1 N–H and O–H groups in total. The molecule has 134 valence electrons. The Bertz CT molecular complexity index is 556. The molecule has 1 atom stereocenters. The summed E-state index contributed by atoms with van der Waals surface area (Å²) in [5.41, 5.74) is -0.661. The van der Waals surface area contributed by atoms with Crippen LogP contribution in [0.4, 0.5) is 18.9 Å². The van der Waals surface area contributed by atoms with Gasteiger partial charge >= 0.3 is 18.0 Å². The van der Waals surface area contributed by atoms with E-state index in [0.717, 1.165) is 49.9 Å². The maximum Gasteiger partial charge on any atom is 0.416 e. The first-order valence-electron chi connectivity index (χ1n) is 7.96. The SMILES string of the molecule is CCCC[C@H](CC)N(C)C(=O)C(=O)Nc1ccc(C(F)(F)F)cc1. The second-order valence-electron chi connectivity index (χ2n) is 5.65. The van der Waals surface area contributed by atoms with E-state index in [0.29, 0.717) is 0 Å². The second-order valence-corrected chi connectivity index (χ2v) is 5.65. The van der Waals surface area contributed by atoms with Gasteiger partial charge in [0.15, 0.2) is 0 Å². The molecular weight excluding hydrogens is 321 g/mol. The molecule has 0 heterocycles. The number of unbranched alkanes of at least 4 members (excludes halogenated alkanes) is 1. The summed E-state index contributed by atoms with van der Waals surface area (Å²) in [4.78, 5) is 25.6. The summed E-state index contributed by atoms with van der Waals surface area (Å²) in [5.74, 6) is -1.55. The number of alkyl halides is 3. The first kappa shape index (κ1) is 20.0. The van der Waals surface area contributed by atoms with E-state index in [1.165, 1.54) is 4.90 Å². The molecule has 1 rings (SSSR count). The zero-order chi connectivity index (χ0) is 18.3. The number of benzene rings is 1. The van der Waals surface area contributed by atoms with Gasteiger partial charge in [-0.3, -0.25) is 9.59 Å². The van der Waals surface area contributed by atoms with Crippen molar-refractivity contribution in [3.8, 4) is 0 Å². The maximum absolute atomic E-state index is 12.5. The van der Waals surface area contributed by atoms with Gasteiger partial charge in [-0.05, 0) is 37.1 Å². The van der Waals surface area contributed by atoms with Crippen LogP contribution < -0.4 is 5.32 Å². The number of nitrogens with zero attached hydrogens (tertiary/aromatic N) is 1. The molecule has 7 heteroatoms. The lowest BCUT2D eigenvalue weighted by atomic mass is 10.1. The van der Waals surface area contributed by atoms with Gasteiger partial charge in [0.05, 0.1) is 5.56 Å². The summed E-state index contributed by atoms with van der Waals surface area (Å²) in [7, 11) is 1.57. The summed E-state index contributed by atoms with van der Waals surface area (Å²) < 4.78 is 37.5. The number of nitrogens with one attached hydrogen (secondary N) is 1. The number of hydrogen-bond acceptors (Lipinski definition) is 2. The lowest BCUT2D eigenvalue weighted by Crippen LogP contribution is -2.43. The Morgan fingerprint density at radius 1 is 1.17 bits per heavy atom. The van der Waals surface area contributed by atoms with Crippen LogP contribution in [-0.2, 0) is 15.8 Å². The van der Waals surface area contributed by atoms with E-state index in [1.54, 1.807) is 7.05 Å². The molecule has 0 radical (unpaired) electrons. The van der Waals surface area contributed by atoms with E-state index < -0.39 is 23.6 Å². The minimum atomic E-state index is -4.44. The van der Waals surface area contributed by atoms with Crippen molar-refractivity contribution in [3.63, 3.8) is 0 Å². The van der Waals surface area contributed by atoms with Crippen molar-refractivity contribution < 1.29 is 22.8 Å². The van der Waals surface area contributed by atoms with Crippen LogP contribution in [0.2, 0.25) is 0 Å². The minimum absolute atomic E-state index is 0.0317. The zero-order valence-corrected chi connectivity index (χ0v) is 14.1. The molecular formula is C17H23F3N2O2. The smallest absolute Gasteiger partial charge is 0.335 e. The third kappa shape index (κ3) is 5.54. The van der Waals surface area contributed by atoms with E-state index in [9.17, 15) is 22.8 Å². The molecule has 1 aromatic rings. The van der Waals surface area contributed by atoms with Gasteiger partial charge in [-0.1, -0.05) is 26.7 Å². The van der Waals surface area contributed by atoms with Gasteiger partial charge < -0.3 is 10.2 Å². The fourth-order valence-corrected chi connectivity index (χ4v) is 2.36. The Labute approximate surface area is 140 Å². The number of hydrogen-bond donors (Lipinski definition) is 1. The van der Waals surface area contributed by atoms with Crippen molar-refractivity contribution in [2.75, 3.05) is 12.4 Å². The van der Waals surface area contributed by atoms with E-state index in [2.05, 4.69) is 5.32 Å². The molecule has 0 aliphatic heterocycles. The van der Waals surface area contributed by atoms with Crippen LogP contribution in [0.15, 0.2) is 24.3 Å². The highest BCUT2D eigenvalue weighted by atomic mass is 19.4. The lowest BCUT2D eigenvalue weighted by molar-refractivity contribution is -0.143. The number of halogens is 3. The quantitative estimate of drug-likeness (QED) is 0.791. The number of amides is 2. The number of rotatable bonds is 6. The van der Waals surface area contributed by atoms with Crippen LogP contribution in [0.1, 0.15) is 45.1 Å². The van der Waals surface area contributed by atoms with Crippen molar-refractivity contribution in [1.29, 1.82) is 0 Å². The van der Waals surface area contributed by atoms with Crippen LogP contribution >= 0.6 is 0 Å². The summed E-state index contributed by atoms with van der Waals surface area (Å²) in [6.45, 7) is 3.99. The largest absolute Gasteiger partial charge is 0.416 e. The second kappa shape index (κ2) is 8.70. The standard InChI is InChI=1S/C17H23F3N2O2/c1-4-6-7-14(5-2)22(3)16(24)15(23)21-13-10-8-12(9-11-13)17(18,19)20/h8-11,14H,4-7H2,1-3H3,(H,21,23)/t14-/m0/s1. The van der Waals surface area contributed by atoms with Crippen LogP contribution in [-0.4, -0.2) is 29.8 Å². The highest BCUT2D eigenvalue weighted by molar-refractivity contribution is 6.39. The average Bonchev–Trinajstić information content (AvgIpc) is 2.54. The number of likely N-dealkylation sites (N-methyl/N-ethyl adjacent to an activating group) is 1. The Balaban J connectivity index is 2.71. The Kier molecular flexibility index (Phi) is 7.25. The third-order valence-electron chi connectivity index (χ3n) is 3.89. The molecule has 4 nitrogen and oxygen atoms in total. The van der Waals surface area contributed by atoms with Gasteiger partial charge in [-0.15, -0.1) is 0 Å². The Hall–Kier alpha value is -2.05. The maximum atomic E-state index is 12.5. The van der Waals surface area contributed by atoms with Crippen molar-refractivity contribution in [2.24, 2.45) is 0 Å².